The number of hydrogen-bond acceptors (Lipinski definition) is 3. The molecule has 0 aliphatic rings. The molecule has 0 saturated carbocycles. The van der Waals surface area contributed by atoms with Crippen molar-refractivity contribution in [3.63, 3.8) is 0 Å². The molecule has 0 N–H and O–H groups in total. The number of halogens is 3. The molecule has 26 heavy (non-hydrogen) atoms. The number of carbonyl (C=O) groups excluding carboxylic acids is 1. The standard InChI is InChI=1S/C19H17F3N2O2/c1-18(2,3)26-17(25)24-11-15(14-10-23-8-7-16(14)24)12-5-4-6-13(9-12)19(20,21)22/h4-11H,1-3H3. The first-order chi connectivity index (χ1) is 12.1. The predicted molar refractivity (Wildman–Crippen MR) is 91.8 cm³/mol. The SMILES string of the molecule is CC(C)(C)OC(=O)n1cc(-c2cccc(C(F)(F)F)c2)c2cnccc21. The van der Waals surface area contributed by atoms with Crippen molar-refractivity contribution in [3.05, 3.63) is 54.5 Å². The number of ether oxygens (including phenoxy) is 1. The van der Waals surface area contributed by atoms with Crippen LogP contribution < -0.4 is 0 Å². The van der Waals surface area contributed by atoms with Crippen LogP contribution in [0.5, 0.6) is 0 Å². The summed E-state index contributed by atoms with van der Waals surface area (Å²) in [5.41, 5.74) is -0.110. The van der Waals surface area contributed by atoms with Gasteiger partial charge in [-0.15, -0.1) is 0 Å². The highest BCUT2D eigenvalue weighted by atomic mass is 19.4. The molecule has 3 rings (SSSR count). The van der Waals surface area contributed by atoms with E-state index in [9.17, 15) is 18.0 Å². The second kappa shape index (κ2) is 6.16. The second-order valence-electron chi connectivity index (χ2n) is 6.86. The van der Waals surface area contributed by atoms with E-state index in [1.54, 1.807) is 32.9 Å². The fourth-order valence-electron chi connectivity index (χ4n) is 2.63. The lowest BCUT2D eigenvalue weighted by Crippen LogP contribution is -2.26. The third kappa shape index (κ3) is 3.56. The van der Waals surface area contributed by atoms with Crippen LogP contribution in [0.3, 0.4) is 0 Å². The fourth-order valence-corrected chi connectivity index (χ4v) is 2.63. The zero-order chi connectivity index (χ0) is 19.1. The van der Waals surface area contributed by atoms with Crippen LogP contribution in [0.1, 0.15) is 26.3 Å². The zero-order valence-corrected chi connectivity index (χ0v) is 14.5. The Labute approximate surface area is 148 Å². The summed E-state index contributed by atoms with van der Waals surface area (Å²) in [5.74, 6) is 0. The van der Waals surface area contributed by atoms with Gasteiger partial charge in [0, 0.05) is 29.5 Å². The molecule has 0 fully saturated rings. The number of benzene rings is 1. The molecule has 136 valence electrons. The van der Waals surface area contributed by atoms with Gasteiger partial charge in [0.1, 0.15) is 5.60 Å². The van der Waals surface area contributed by atoms with Crippen molar-refractivity contribution in [1.29, 1.82) is 0 Å². The molecule has 0 aliphatic heterocycles. The summed E-state index contributed by atoms with van der Waals surface area (Å²) >= 11 is 0. The molecule has 0 radical (unpaired) electrons. The lowest BCUT2D eigenvalue weighted by molar-refractivity contribution is -0.137. The topological polar surface area (TPSA) is 44.1 Å². The molecule has 1 aromatic carbocycles. The van der Waals surface area contributed by atoms with Gasteiger partial charge < -0.3 is 4.74 Å². The quantitative estimate of drug-likeness (QED) is 0.574. The molecule has 0 amide bonds. The van der Waals surface area contributed by atoms with E-state index in [1.165, 1.54) is 29.2 Å². The third-order valence-electron chi connectivity index (χ3n) is 3.70. The average molecular weight is 362 g/mol. The minimum Gasteiger partial charge on any atom is -0.443 e. The molecule has 0 unspecified atom stereocenters. The van der Waals surface area contributed by atoms with Crippen LogP contribution in [-0.4, -0.2) is 21.2 Å². The first-order valence-corrected chi connectivity index (χ1v) is 7.92. The van der Waals surface area contributed by atoms with E-state index < -0.39 is 23.4 Å². The van der Waals surface area contributed by atoms with Crippen molar-refractivity contribution in [3.8, 4) is 11.1 Å². The minimum absolute atomic E-state index is 0.347. The molecule has 0 spiro atoms. The third-order valence-corrected chi connectivity index (χ3v) is 3.70. The van der Waals surface area contributed by atoms with Crippen LogP contribution >= 0.6 is 0 Å². The van der Waals surface area contributed by atoms with Crippen LogP contribution in [0.15, 0.2) is 48.9 Å². The van der Waals surface area contributed by atoms with E-state index in [2.05, 4.69) is 4.98 Å². The highest BCUT2D eigenvalue weighted by molar-refractivity contribution is 6.00. The normalized spacial score (nSPS) is 12.4. The Kier molecular flexibility index (Phi) is 4.26. The number of pyridine rings is 1. The molecule has 3 aromatic rings. The molecule has 2 heterocycles. The number of fused-ring (bicyclic) bond motifs is 1. The van der Waals surface area contributed by atoms with Gasteiger partial charge >= 0.3 is 12.3 Å². The molecular formula is C19H17F3N2O2. The maximum Gasteiger partial charge on any atom is 0.419 e. The van der Waals surface area contributed by atoms with Gasteiger partial charge in [0.25, 0.3) is 0 Å². The number of alkyl halides is 3. The van der Waals surface area contributed by atoms with Crippen LogP contribution in [0.4, 0.5) is 18.0 Å². The van der Waals surface area contributed by atoms with Gasteiger partial charge in [-0.2, -0.15) is 13.2 Å². The summed E-state index contributed by atoms with van der Waals surface area (Å²) < 4.78 is 45.7. The Morgan fingerprint density at radius 1 is 1.15 bits per heavy atom. The number of aromatic nitrogens is 2. The Morgan fingerprint density at radius 2 is 1.88 bits per heavy atom. The molecule has 4 nitrogen and oxygen atoms in total. The molecule has 0 saturated heterocycles. The van der Waals surface area contributed by atoms with E-state index in [0.29, 0.717) is 22.0 Å². The van der Waals surface area contributed by atoms with Crippen molar-refractivity contribution in [2.45, 2.75) is 32.5 Å². The highest BCUT2D eigenvalue weighted by Crippen LogP contribution is 2.35. The van der Waals surface area contributed by atoms with Crippen molar-refractivity contribution < 1.29 is 22.7 Å². The Morgan fingerprint density at radius 3 is 2.54 bits per heavy atom. The highest BCUT2D eigenvalue weighted by Gasteiger charge is 2.31. The number of hydrogen-bond donors (Lipinski definition) is 0. The summed E-state index contributed by atoms with van der Waals surface area (Å²) in [6.07, 6.45) is -0.537. The summed E-state index contributed by atoms with van der Waals surface area (Å²) in [5, 5.41) is 0.567. The van der Waals surface area contributed by atoms with Gasteiger partial charge in [-0.25, -0.2) is 4.79 Å². The van der Waals surface area contributed by atoms with E-state index in [-0.39, 0.29) is 0 Å². The van der Waals surface area contributed by atoms with Crippen molar-refractivity contribution in [2.24, 2.45) is 0 Å². The Bertz CT molecular complexity index is 969. The van der Waals surface area contributed by atoms with E-state index >= 15 is 0 Å². The molecule has 0 aliphatic carbocycles. The smallest absolute Gasteiger partial charge is 0.419 e. The first kappa shape index (κ1) is 18.0. The fraction of sp³-hybridized carbons (Fsp3) is 0.263. The van der Waals surface area contributed by atoms with Crippen LogP contribution in [0.2, 0.25) is 0 Å². The maximum absolute atomic E-state index is 13.0. The molecule has 0 atom stereocenters. The number of rotatable bonds is 1. The summed E-state index contributed by atoms with van der Waals surface area (Å²) in [6.45, 7) is 5.23. The van der Waals surface area contributed by atoms with Crippen molar-refractivity contribution in [1.82, 2.24) is 9.55 Å². The summed E-state index contributed by atoms with van der Waals surface area (Å²) in [7, 11) is 0. The van der Waals surface area contributed by atoms with Gasteiger partial charge in [0.2, 0.25) is 0 Å². The van der Waals surface area contributed by atoms with Crippen LogP contribution in [0, 0.1) is 0 Å². The molecular weight excluding hydrogens is 345 g/mol. The van der Waals surface area contributed by atoms with Crippen LogP contribution in [-0.2, 0) is 10.9 Å². The maximum atomic E-state index is 13.0. The van der Waals surface area contributed by atoms with Gasteiger partial charge in [0.15, 0.2) is 0 Å². The lowest BCUT2D eigenvalue weighted by atomic mass is 10.0. The zero-order valence-electron chi connectivity index (χ0n) is 14.5. The first-order valence-electron chi connectivity index (χ1n) is 7.92. The van der Waals surface area contributed by atoms with Crippen molar-refractivity contribution in [2.75, 3.05) is 0 Å². The van der Waals surface area contributed by atoms with Crippen LogP contribution in [0.25, 0.3) is 22.0 Å². The monoisotopic (exact) mass is 362 g/mol. The average Bonchev–Trinajstić information content (AvgIpc) is 2.92. The number of carbonyl (C=O) groups is 1. The molecule has 0 bridgehead atoms. The van der Waals surface area contributed by atoms with Crippen molar-refractivity contribution >= 4 is 17.0 Å². The minimum atomic E-state index is -4.45. The Hall–Kier alpha value is -2.83. The van der Waals surface area contributed by atoms with Gasteiger partial charge in [-0.05, 0) is 44.5 Å². The Balaban J connectivity index is 2.15. The predicted octanol–water partition coefficient (Wildman–Crippen LogP) is 5.51. The molecule has 7 heteroatoms. The van der Waals surface area contributed by atoms with E-state index in [1.807, 2.05) is 0 Å². The number of nitrogens with zero attached hydrogens (tertiary/aromatic N) is 2. The van der Waals surface area contributed by atoms with Gasteiger partial charge in [-0.1, -0.05) is 12.1 Å². The largest absolute Gasteiger partial charge is 0.443 e. The van der Waals surface area contributed by atoms with Gasteiger partial charge in [-0.3, -0.25) is 9.55 Å². The molecule has 2 aromatic heterocycles. The summed E-state index contributed by atoms with van der Waals surface area (Å²) in [6, 6.07) is 6.59. The van der Waals surface area contributed by atoms with E-state index in [0.717, 1.165) is 12.1 Å². The summed E-state index contributed by atoms with van der Waals surface area (Å²) in [4.78, 5) is 16.5. The second-order valence-corrected chi connectivity index (χ2v) is 6.86. The van der Waals surface area contributed by atoms with Gasteiger partial charge in [0.05, 0.1) is 11.1 Å². The van der Waals surface area contributed by atoms with E-state index in [4.69, 9.17) is 4.74 Å². The lowest BCUT2D eigenvalue weighted by Gasteiger charge is -2.19.